The molecular formula is C10H5F3N4. The van der Waals surface area contributed by atoms with E-state index in [0.29, 0.717) is 6.07 Å². The largest absolute Gasteiger partial charge is 0.322 e. The Balaban J connectivity index is 3.01. The first-order valence-corrected chi connectivity index (χ1v) is 4.43. The normalized spacial score (nSPS) is 10.3. The summed E-state index contributed by atoms with van der Waals surface area (Å²) in [6.45, 7) is 0. The van der Waals surface area contributed by atoms with Crippen LogP contribution in [0, 0.1) is 28.8 Å². The van der Waals surface area contributed by atoms with Crippen molar-refractivity contribution in [2.75, 3.05) is 5.43 Å². The number of benzene rings is 1. The Hall–Kier alpha value is -2.33. The fourth-order valence-corrected chi connectivity index (χ4v) is 1.50. The number of halogens is 3. The van der Waals surface area contributed by atoms with Crippen LogP contribution in [0.25, 0.3) is 10.9 Å². The average Bonchev–Trinajstić information content (AvgIpc) is 2.34. The van der Waals surface area contributed by atoms with Gasteiger partial charge in [-0.05, 0) is 0 Å². The first-order chi connectivity index (χ1) is 8.10. The summed E-state index contributed by atoms with van der Waals surface area (Å²) in [5.74, 6) is 1.45. The lowest BCUT2D eigenvalue weighted by molar-refractivity contribution is 0.504. The number of nitrogens with two attached hydrogens (primary N) is 1. The molecule has 7 heteroatoms. The van der Waals surface area contributed by atoms with Gasteiger partial charge in [0.15, 0.2) is 11.6 Å². The molecule has 4 nitrogen and oxygen atoms in total. The number of hydrazine groups is 1. The van der Waals surface area contributed by atoms with E-state index in [4.69, 9.17) is 11.1 Å². The molecule has 1 heterocycles. The predicted octanol–water partition coefficient (Wildman–Crippen LogP) is 1.81. The SMILES string of the molecule is N#Cc1cnc2c(F)c(F)cc(F)c2c1NN. The summed E-state index contributed by atoms with van der Waals surface area (Å²) >= 11 is 0. The molecule has 0 aliphatic heterocycles. The van der Waals surface area contributed by atoms with E-state index in [1.165, 1.54) is 0 Å². The molecule has 0 spiro atoms. The summed E-state index contributed by atoms with van der Waals surface area (Å²) in [5.41, 5.74) is 1.37. The van der Waals surface area contributed by atoms with E-state index < -0.39 is 23.0 Å². The first-order valence-electron chi connectivity index (χ1n) is 4.43. The van der Waals surface area contributed by atoms with Gasteiger partial charge in [0.1, 0.15) is 17.4 Å². The van der Waals surface area contributed by atoms with Crippen LogP contribution in [-0.2, 0) is 0 Å². The van der Waals surface area contributed by atoms with Gasteiger partial charge in [-0.3, -0.25) is 10.8 Å². The topological polar surface area (TPSA) is 74.7 Å². The second-order valence-electron chi connectivity index (χ2n) is 3.18. The van der Waals surface area contributed by atoms with Gasteiger partial charge < -0.3 is 5.43 Å². The second-order valence-corrected chi connectivity index (χ2v) is 3.18. The maximum absolute atomic E-state index is 13.5. The molecule has 0 fully saturated rings. The molecule has 0 bridgehead atoms. The third-order valence-corrected chi connectivity index (χ3v) is 2.25. The number of hydrogen-bond donors (Lipinski definition) is 2. The summed E-state index contributed by atoms with van der Waals surface area (Å²) < 4.78 is 39.9. The summed E-state index contributed by atoms with van der Waals surface area (Å²) in [7, 11) is 0. The highest BCUT2D eigenvalue weighted by atomic mass is 19.2. The van der Waals surface area contributed by atoms with E-state index in [1.54, 1.807) is 6.07 Å². The highest BCUT2D eigenvalue weighted by molar-refractivity contribution is 5.94. The van der Waals surface area contributed by atoms with Crippen molar-refractivity contribution >= 4 is 16.6 Å². The van der Waals surface area contributed by atoms with E-state index in [-0.39, 0.29) is 16.6 Å². The number of aromatic nitrogens is 1. The van der Waals surface area contributed by atoms with Crippen molar-refractivity contribution in [3.8, 4) is 6.07 Å². The van der Waals surface area contributed by atoms with Gasteiger partial charge in [-0.15, -0.1) is 0 Å². The van der Waals surface area contributed by atoms with Crippen LogP contribution in [0.1, 0.15) is 5.56 Å². The Morgan fingerprint density at radius 1 is 1.29 bits per heavy atom. The Bertz CT molecular complexity index is 648. The fourth-order valence-electron chi connectivity index (χ4n) is 1.50. The molecule has 0 aliphatic rings. The molecule has 0 amide bonds. The maximum atomic E-state index is 13.5. The minimum Gasteiger partial charge on any atom is -0.322 e. The molecule has 86 valence electrons. The zero-order valence-corrected chi connectivity index (χ0v) is 8.26. The smallest absolute Gasteiger partial charge is 0.185 e. The molecule has 0 aliphatic carbocycles. The minimum atomic E-state index is -1.35. The number of anilines is 1. The molecule has 0 saturated carbocycles. The van der Waals surface area contributed by atoms with Gasteiger partial charge in [-0.1, -0.05) is 0 Å². The third-order valence-electron chi connectivity index (χ3n) is 2.25. The van der Waals surface area contributed by atoms with Gasteiger partial charge in [0.05, 0.1) is 16.6 Å². The fraction of sp³-hybridized carbons (Fsp3) is 0. The van der Waals surface area contributed by atoms with Crippen molar-refractivity contribution in [1.82, 2.24) is 4.98 Å². The van der Waals surface area contributed by atoms with Crippen LogP contribution in [-0.4, -0.2) is 4.98 Å². The zero-order valence-electron chi connectivity index (χ0n) is 8.26. The van der Waals surface area contributed by atoms with Crippen LogP contribution >= 0.6 is 0 Å². The molecule has 17 heavy (non-hydrogen) atoms. The standard InChI is InChI=1S/C10H5F3N4/c11-5-1-6(12)8(13)10-7(5)9(17-15)4(2-14)3-16-10/h1,3H,15H2,(H,16,17). The van der Waals surface area contributed by atoms with Crippen LogP contribution in [0.5, 0.6) is 0 Å². The number of nitrogens with one attached hydrogen (secondary N) is 1. The van der Waals surface area contributed by atoms with E-state index in [9.17, 15) is 13.2 Å². The number of nitriles is 1. The van der Waals surface area contributed by atoms with Crippen molar-refractivity contribution in [2.45, 2.75) is 0 Å². The van der Waals surface area contributed by atoms with Crippen molar-refractivity contribution in [3.05, 3.63) is 35.3 Å². The van der Waals surface area contributed by atoms with Crippen molar-refractivity contribution in [1.29, 1.82) is 5.26 Å². The Labute approximate surface area is 93.4 Å². The highest BCUT2D eigenvalue weighted by Crippen LogP contribution is 2.30. The zero-order chi connectivity index (χ0) is 12.6. The number of fused-ring (bicyclic) bond motifs is 1. The number of nitrogen functional groups attached to an aromatic ring is 1. The Kier molecular flexibility index (Phi) is 2.57. The highest BCUT2D eigenvalue weighted by Gasteiger charge is 2.18. The van der Waals surface area contributed by atoms with E-state index >= 15 is 0 Å². The Morgan fingerprint density at radius 3 is 2.59 bits per heavy atom. The van der Waals surface area contributed by atoms with Crippen molar-refractivity contribution < 1.29 is 13.2 Å². The lowest BCUT2D eigenvalue weighted by Gasteiger charge is -2.08. The van der Waals surface area contributed by atoms with E-state index in [1.807, 2.05) is 0 Å². The second kappa shape index (κ2) is 3.92. The number of nitrogens with zero attached hydrogens (tertiary/aromatic N) is 2. The number of hydrogen-bond acceptors (Lipinski definition) is 4. The van der Waals surface area contributed by atoms with Crippen molar-refractivity contribution in [3.63, 3.8) is 0 Å². The van der Waals surface area contributed by atoms with Crippen LogP contribution in [0.2, 0.25) is 0 Å². The molecule has 0 radical (unpaired) electrons. The van der Waals surface area contributed by atoms with Gasteiger partial charge in [0, 0.05) is 12.3 Å². The minimum absolute atomic E-state index is 0.0649. The predicted molar refractivity (Wildman–Crippen MR) is 54.1 cm³/mol. The summed E-state index contributed by atoms with van der Waals surface area (Å²) in [4.78, 5) is 3.51. The molecular weight excluding hydrogens is 233 g/mol. The molecule has 3 N–H and O–H groups in total. The van der Waals surface area contributed by atoms with Gasteiger partial charge in [-0.2, -0.15) is 5.26 Å². The number of pyridine rings is 1. The summed E-state index contributed by atoms with van der Waals surface area (Å²) in [6.07, 6.45) is 0.986. The molecule has 0 unspecified atom stereocenters. The van der Waals surface area contributed by atoms with Crippen molar-refractivity contribution in [2.24, 2.45) is 5.84 Å². The average molecular weight is 238 g/mol. The monoisotopic (exact) mass is 238 g/mol. The summed E-state index contributed by atoms with van der Waals surface area (Å²) in [6, 6.07) is 2.09. The molecule has 0 saturated heterocycles. The molecule has 1 aromatic carbocycles. The molecule has 2 rings (SSSR count). The van der Waals surface area contributed by atoms with E-state index in [0.717, 1.165) is 6.20 Å². The quantitative estimate of drug-likeness (QED) is 0.451. The lowest BCUT2D eigenvalue weighted by atomic mass is 10.1. The van der Waals surface area contributed by atoms with Gasteiger partial charge in [-0.25, -0.2) is 13.2 Å². The first kappa shape index (κ1) is 11.2. The molecule has 0 atom stereocenters. The van der Waals surface area contributed by atoms with Gasteiger partial charge in [0.25, 0.3) is 0 Å². The number of rotatable bonds is 1. The van der Waals surface area contributed by atoms with E-state index in [2.05, 4.69) is 10.4 Å². The summed E-state index contributed by atoms with van der Waals surface area (Å²) in [5, 5.41) is 8.39. The lowest BCUT2D eigenvalue weighted by Crippen LogP contribution is -2.10. The van der Waals surface area contributed by atoms with Gasteiger partial charge in [0.2, 0.25) is 0 Å². The van der Waals surface area contributed by atoms with Crippen LogP contribution in [0.3, 0.4) is 0 Å². The van der Waals surface area contributed by atoms with Crippen LogP contribution in [0.4, 0.5) is 18.9 Å². The van der Waals surface area contributed by atoms with Crippen LogP contribution in [0.15, 0.2) is 12.3 Å². The third kappa shape index (κ3) is 1.55. The maximum Gasteiger partial charge on any atom is 0.185 e. The van der Waals surface area contributed by atoms with Gasteiger partial charge >= 0.3 is 0 Å². The molecule has 2 aromatic rings. The van der Waals surface area contributed by atoms with Crippen LogP contribution < -0.4 is 11.3 Å². The Morgan fingerprint density at radius 2 is 2.00 bits per heavy atom. The molecule has 1 aromatic heterocycles.